The van der Waals surface area contributed by atoms with E-state index in [1.54, 1.807) is 18.5 Å². The average molecular weight is 582 g/mol. The number of para-hydroxylation sites is 2. The minimum absolute atomic E-state index is 0.124. The molecule has 3 heterocycles. The van der Waals surface area contributed by atoms with Crippen molar-refractivity contribution >= 4 is 54.5 Å². The molecule has 0 radical (unpaired) electrons. The van der Waals surface area contributed by atoms with E-state index in [1.807, 2.05) is 84.9 Å². The molecule has 0 aliphatic carbocycles. The average Bonchev–Trinajstić information content (AvgIpc) is 3.53. The highest BCUT2D eigenvalue weighted by Crippen LogP contribution is 2.49. The van der Waals surface area contributed by atoms with Gasteiger partial charge in [0.15, 0.2) is 5.58 Å². The van der Waals surface area contributed by atoms with Crippen LogP contribution in [0.15, 0.2) is 132 Å². The number of fused-ring (bicyclic) bond motifs is 5. The summed E-state index contributed by atoms with van der Waals surface area (Å²) in [7, 11) is 0. The number of phenolic OH excluding ortho intramolecular Hbond substituents is 2. The minimum atomic E-state index is 0.124. The fourth-order valence-electron chi connectivity index (χ4n) is 6.59. The molecule has 0 spiro atoms. The van der Waals surface area contributed by atoms with E-state index in [2.05, 4.69) is 34.2 Å². The van der Waals surface area contributed by atoms with Gasteiger partial charge < -0.3 is 14.6 Å². The van der Waals surface area contributed by atoms with Crippen molar-refractivity contribution in [1.82, 2.24) is 15.0 Å². The van der Waals surface area contributed by atoms with Crippen LogP contribution in [0.25, 0.3) is 88.2 Å². The van der Waals surface area contributed by atoms with Crippen LogP contribution in [0, 0.1) is 0 Å². The number of hydrogen-bond donors (Lipinski definition) is 2. The van der Waals surface area contributed by atoms with Gasteiger partial charge in [0.25, 0.3) is 0 Å². The Bertz CT molecular complexity index is 2610. The molecule has 0 fully saturated rings. The lowest BCUT2D eigenvalue weighted by Gasteiger charge is -2.20. The molecule has 0 bridgehead atoms. The van der Waals surface area contributed by atoms with Gasteiger partial charge in [-0.3, -0.25) is 9.97 Å². The van der Waals surface area contributed by atoms with Gasteiger partial charge in [0.2, 0.25) is 5.89 Å². The minimum Gasteiger partial charge on any atom is -0.506 e. The van der Waals surface area contributed by atoms with Gasteiger partial charge in [-0.15, -0.1) is 0 Å². The maximum atomic E-state index is 11.7. The molecule has 9 rings (SSSR count). The van der Waals surface area contributed by atoms with Crippen molar-refractivity contribution in [2.24, 2.45) is 0 Å². The summed E-state index contributed by atoms with van der Waals surface area (Å²) in [5, 5.41) is 28.0. The van der Waals surface area contributed by atoms with Crippen LogP contribution in [0.3, 0.4) is 0 Å². The van der Waals surface area contributed by atoms with E-state index < -0.39 is 0 Å². The summed E-state index contributed by atoms with van der Waals surface area (Å²) in [5.41, 5.74) is 6.92. The molecule has 6 aromatic carbocycles. The third-order valence-corrected chi connectivity index (χ3v) is 8.60. The number of aromatic nitrogens is 3. The van der Waals surface area contributed by atoms with Gasteiger partial charge in [0.1, 0.15) is 28.0 Å². The largest absolute Gasteiger partial charge is 0.506 e. The van der Waals surface area contributed by atoms with Crippen molar-refractivity contribution < 1.29 is 14.6 Å². The molecule has 2 N–H and O–H groups in total. The second-order valence-corrected chi connectivity index (χ2v) is 11.1. The highest BCUT2D eigenvalue weighted by Gasteiger charge is 2.22. The zero-order valence-electron chi connectivity index (χ0n) is 23.8. The molecule has 6 nitrogen and oxygen atoms in total. The molecule has 0 unspecified atom stereocenters. The summed E-state index contributed by atoms with van der Waals surface area (Å²) < 4.78 is 6.20. The Labute approximate surface area is 256 Å². The summed E-state index contributed by atoms with van der Waals surface area (Å²) in [4.78, 5) is 13.8. The Hall–Kier alpha value is -6.27. The Morgan fingerprint density at radius 1 is 0.533 bits per heavy atom. The monoisotopic (exact) mass is 581 g/mol. The number of pyridine rings is 2. The molecule has 0 aliphatic heterocycles. The first kappa shape index (κ1) is 25.2. The smallest absolute Gasteiger partial charge is 0.227 e. The first-order valence-electron chi connectivity index (χ1n) is 14.6. The lowest BCUT2D eigenvalue weighted by Crippen LogP contribution is -1.94. The SMILES string of the molecule is Oc1c(-c2c3ccccc3c(-c3ccc(O)c4ncccc34)c3ccc(-c4nc5ccccc5o4)cc23)ccc2cccnc12. The van der Waals surface area contributed by atoms with Crippen LogP contribution in [0.4, 0.5) is 0 Å². The van der Waals surface area contributed by atoms with Gasteiger partial charge in [-0.25, -0.2) is 4.98 Å². The molecule has 45 heavy (non-hydrogen) atoms. The summed E-state index contributed by atoms with van der Waals surface area (Å²) in [6, 6.07) is 37.5. The molecule has 212 valence electrons. The predicted molar refractivity (Wildman–Crippen MR) is 179 cm³/mol. The normalized spacial score (nSPS) is 11.7. The quantitative estimate of drug-likeness (QED) is 0.202. The third-order valence-electron chi connectivity index (χ3n) is 8.60. The molecule has 6 heteroatoms. The number of hydrogen-bond acceptors (Lipinski definition) is 6. The van der Waals surface area contributed by atoms with Gasteiger partial charge in [-0.05, 0) is 87.3 Å². The number of oxazole rings is 1. The number of phenols is 2. The van der Waals surface area contributed by atoms with Crippen molar-refractivity contribution in [3.8, 4) is 45.2 Å². The van der Waals surface area contributed by atoms with Crippen LogP contribution in [0.2, 0.25) is 0 Å². The molecule has 0 aliphatic rings. The first-order chi connectivity index (χ1) is 22.2. The third kappa shape index (κ3) is 3.79. The summed E-state index contributed by atoms with van der Waals surface area (Å²) in [6.07, 6.45) is 3.38. The van der Waals surface area contributed by atoms with Crippen molar-refractivity contribution in [1.29, 1.82) is 0 Å². The standard InChI is InChI=1S/C39H23N3O3/c43-32-18-17-26(28-10-6-20-41-37(28)32)34-24-8-1-2-9-25(24)35(29-16-13-22-7-5-19-40-36(22)38(29)44)30-21-23(14-15-27(30)34)39-42-31-11-3-4-12-33(31)45-39/h1-21,43-44H. The summed E-state index contributed by atoms with van der Waals surface area (Å²) in [5.74, 6) is 0.771. The fraction of sp³-hybridized carbons (Fsp3) is 0. The maximum Gasteiger partial charge on any atom is 0.227 e. The molecule has 3 aromatic heterocycles. The van der Waals surface area contributed by atoms with Crippen molar-refractivity contribution in [2.75, 3.05) is 0 Å². The molecular formula is C39H23N3O3. The second-order valence-electron chi connectivity index (χ2n) is 11.1. The lowest BCUT2D eigenvalue weighted by molar-refractivity contribution is 0.480. The Kier molecular flexibility index (Phi) is 5.40. The van der Waals surface area contributed by atoms with E-state index in [9.17, 15) is 10.2 Å². The molecule has 9 aromatic rings. The highest BCUT2D eigenvalue weighted by molar-refractivity contribution is 6.24. The van der Waals surface area contributed by atoms with Crippen LogP contribution in [0.5, 0.6) is 11.5 Å². The highest BCUT2D eigenvalue weighted by atomic mass is 16.3. The number of rotatable bonds is 3. The number of benzene rings is 6. The molecule has 0 saturated carbocycles. The van der Waals surface area contributed by atoms with Gasteiger partial charge >= 0.3 is 0 Å². The topological polar surface area (TPSA) is 92.3 Å². The van der Waals surface area contributed by atoms with Gasteiger partial charge in [0, 0.05) is 39.9 Å². The Morgan fingerprint density at radius 3 is 2.07 bits per heavy atom. The first-order valence-corrected chi connectivity index (χ1v) is 14.6. The molecule has 0 amide bonds. The van der Waals surface area contributed by atoms with Crippen LogP contribution in [0.1, 0.15) is 0 Å². The van der Waals surface area contributed by atoms with E-state index in [-0.39, 0.29) is 11.5 Å². The van der Waals surface area contributed by atoms with E-state index >= 15 is 0 Å². The Balaban J connectivity index is 1.45. The van der Waals surface area contributed by atoms with Gasteiger partial charge in [-0.1, -0.05) is 60.7 Å². The molecule has 0 saturated heterocycles. The second kappa shape index (κ2) is 9.62. The van der Waals surface area contributed by atoms with E-state index in [0.29, 0.717) is 28.1 Å². The number of nitrogens with zero attached hydrogens (tertiary/aromatic N) is 3. The van der Waals surface area contributed by atoms with Crippen LogP contribution in [-0.4, -0.2) is 25.2 Å². The van der Waals surface area contributed by atoms with Crippen molar-refractivity contribution in [3.05, 3.63) is 128 Å². The van der Waals surface area contributed by atoms with Gasteiger partial charge in [-0.2, -0.15) is 0 Å². The lowest BCUT2D eigenvalue weighted by atomic mass is 9.84. The Morgan fingerprint density at radius 2 is 1.22 bits per heavy atom. The summed E-state index contributed by atoms with van der Waals surface area (Å²) in [6.45, 7) is 0. The zero-order chi connectivity index (χ0) is 30.1. The maximum absolute atomic E-state index is 11.7. The van der Waals surface area contributed by atoms with Crippen LogP contribution >= 0.6 is 0 Å². The van der Waals surface area contributed by atoms with E-state index in [4.69, 9.17) is 9.40 Å². The van der Waals surface area contributed by atoms with E-state index in [1.165, 1.54) is 0 Å². The summed E-state index contributed by atoms with van der Waals surface area (Å²) >= 11 is 0. The molecule has 0 atom stereocenters. The number of aromatic hydroxyl groups is 2. The van der Waals surface area contributed by atoms with E-state index in [0.717, 1.165) is 60.1 Å². The van der Waals surface area contributed by atoms with Crippen molar-refractivity contribution in [3.63, 3.8) is 0 Å². The zero-order valence-corrected chi connectivity index (χ0v) is 23.8. The predicted octanol–water partition coefficient (Wildman–Crippen LogP) is 9.64. The van der Waals surface area contributed by atoms with Gasteiger partial charge in [0.05, 0.1) is 0 Å². The van der Waals surface area contributed by atoms with Crippen molar-refractivity contribution in [2.45, 2.75) is 0 Å². The fourth-order valence-corrected chi connectivity index (χ4v) is 6.59. The van der Waals surface area contributed by atoms with Crippen LogP contribution < -0.4 is 0 Å². The molecular weight excluding hydrogens is 558 g/mol. The van der Waals surface area contributed by atoms with Crippen LogP contribution in [-0.2, 0) is 0 Å².